The fourth-order valence-corrected chi connectivity index (χ4v) is 0.945. The highest BCUT2D eigenvalue weighted by molar-refractivity contribution is 5.32. The summed E-state index contributed by atoms with van der Waals surface area (Å²) in [6.07, 6.45) is 0.678. The lowest BCUT2D eigenvalue weighted by atomic mass is 10.1. The van der Waals surface area contributed by atoms with E-state index in [4.69, 9.17) is 5.26 Å². The number of aromatic hydroxyl groups is 1. The van der Waals surface area contributed by atoms with E-state index in [2.05, 4.69) is 0 Å². The molecule has 0 aliphatic heterocycles. The average Bonchev–Trinajstić information content (AvgIpc) is 2.07. The van der Waals surface area contributed by atoms with Crippen LogP contribution in [-0.4, -0.2) is 5.11 Å². The monoisotopic (exact) mass is 165 g/mol. The highest BCUT2D eigenvalue weighted by Crippen LogP contribution is 2.18. The third kappa shape index (κ3) is 1.96. The van der Waals surface area contributed by atoms with Gasteiger partial charge in [-0.05, 0) is 30.2 Å². The molecule has 0 aliphatic rings. The molecular weight excluding hydrogens is 157 g/mol. The van der Waals surface area contributed by atoms with Gasteiger partial charge in [0.2, 0.25) is 0 Å². The second kappa shape index (κ2) is 3.72. The van der Waals surface area contributed by atoms with Gasteiger partial charge in [0.05, 0.1) is 6.07 Å². The number of phenolic OH excluding ortho intramolecular Hbond substituents is 1. The first-order valence-corrected chi connectivity index (χ1v) is 3.58. The Bertz CT molecular complexity index is 317. The third-order valence-corrected chi connectivity index (χ3v) is 1.55. The number of phenols is 1. The molecule has 62 valence electrons. The summed E-state index contributed by atoms with van der Waals surface area (Å²) < 4.78 is 12.6. The van der Waals surface area contributed by atoms with Gasteiger partial charge in [-0.15, -0.1) is 0 Å². The molecule has 0 saturated heterocycles. The summed E-state index contributed by atoms with van der Waals surface area (Å²) in [6, 6.07) is 5.65. The molecule has 1 rings (SSSR count). The van der Waals surface area contributed by atoms with E-state index in [1.54, 1.807) is 0 Å². The fraction of sp³-hybridized carbons (Fsp3) is 0.222. The molecule has 1 N–H and O–H groups in total. The predicted molar refractivity (Wildman–Crippen MR) is 42.0 cm³/mol. The van der Waals surface area contributed by atoms with Crippen LogP contribution in [0.1, 0.15) is 12.0 Å². The number of hydrogen-bond acceptors (Lipinski definition) is 2. The van der Waals surface area contributed by atoms with Crippen molar-refractivity contribution >= 4 is 0 Å². The van der Waals surface area contributed by atoms with E-state index >= 15 is 0 Å². The number of halogens is 1. The molecule has 3 heteroatoms. The molecule has 0 spiro atoms. The number of rotatable bonds is 2. The van der Waals surface area contributed by atoms with E-state index in [9.17, 15) is 9.50 Å². The molecule has 1 aromatic carbocycles. The Morgan fingerprint density at radius 2 is 2.25 bits per heavy atom. The van der Waals surface area contributed by atoms with Crippen LogP contribution in [0.5, 0.6) is 5.75 Å². The molecule has 0 amide bonds. The van der Waals surface area contributed by atoms with Gasteiger partial charge in [0.15, 0.2) is 0 Å². The van der Waals surface area contributed by atoms with E-state index < -0.39 is 0 Å². The quantitative estimate of drug-likeness (QED) is 0.728. The van der Waals surface area contributed by atoms with Crippen LogP contribution in [0.15, 0.2) is 18.2 Å². The van der Waals surface area contributed by atoms with Crippen LogP contribution >= 0.6 is 0 Å². The SMILES string of the molecule is N#CCCc1cc(F)ccc1O. The Balaban J connectivity index is 2.84. The smallest absolute Gasteiger partial charge is 0.123 e. The minimum Gasteiger partial charge on any atom is -0.508 e. The summed E-state index contributed by atoms with van der Waals surface area (Å²) in [5.41, 5.74) is 0.483. The summed E-state index contributed by atoms with van der Waals surface area (Å²) >= 11 is 0. The highest BCUT2D eigenvalue weighted by Gasteiger charge is 2.01. The van der Waals surface area contributed by atoms with Crippen molar-refractivity contribution in [1.82, 2.24) is 0 Å². The summed E-state index contributed by atoms with van der Waals surface area (Å²) in [6.45, 7) is 0. The molecule has 0 aromatic heterocycles. The average molecular weight is 165 g/mol. The van der Waals surface area contributed by atoms with Crippen molar-refractivity contribution in [3.05, 3.63) is 29.6 Å². The van der Waals surface area contributed by atoms with Crippen LogP contribution in [0.4, 0.5) is 4.39 Å². The Labute approximate surface area is 69.9 Å². The Morgan fingerprint density at radius 3 is 2.92 bits per heavy atom. The van der Waals surface area contributed by atoms with E-state index in [0.29, 0.717) is 12.0 Å². The molecule has 0 radical (unpaired) electrons. The first-order chi connectivity index (χ1) is 5.74. The second-order valence-corrected chi connectivity index (χ2v) is 2.43. The van der Waals surface area contributed by atoms with Gasteiger partial charge in [0.25, 0.3) is 0 Å². The topological polar surface area (TPSA) is 44.0 Å². The number of aryl methyl sites for hydroxylation is 1. The molecule has 0 heterocycles. The number of nitriles is 1. The molecule has 1 aromatic rings. The van der Waals surface area contributed by atoms with E-state index in [1.165, 1.54) is 18.2 Å². The van der Waals surface area contributed by atoms with Gasteiger partial charge >= 0.3 is 0 Å². The largest absolute Gasteiger partial charge is 0.508 e. The van der Waals surface area contributed by atoms with Crippen molar-refractivity contribution in [3.63, 3.8) is 0 Å². The standard InChI is InChI=1S/C9H8FNO/c10-8-3-4-9(12)7(6-8)2-1-5-11/h3-4,6,12H,1-2H2. The fourth-order valence-electron chi connectivity index (χ4n) is 0.945. The molecule has 0 aliphatic carbocycles. The Hall–Kier alpha value is -1.56. The van der Waals surface area contributed by atoms with Crippen LogP contribution in [0.2, 0.25) is 0 Å². The van der Waals surface area contributed by atoms with Gasteiger partial charge in [0.1, 0.15) is 11.6 Å². The van der Waals surface area contributed by atoms with Crippen molar-refractivity contribution in [2.45, 2.75) is 12.8 Å². The zero-order valence-electron chi connectivity index (χ0n) is 6.42. The molecular formula is C9H8FNO. The maximum absolute atomic E-state index is 12.6. The molecule has 0 fully saturated rings. The highest BCUT2D eigenvalue weighted by atomic mass is 19.1. The Morgan fingerprint density at radius 1 is 1.50 bits per heavy atom. The van der Waals surface area contributed by atoms with E-state index in [0.717, 1.165) is 0 Å². The van der Waals surface area contributed by atoms with Crippen LogP contribution in [0.25, 0.3) is 0 Å². The lowest BCUT2D eigenvalue weighted by molar-refractivity contribution is 0.465. The summed E-state index contributed by atoms with van der Waals surface area (Å²) in [5.74, 6) is -0.340. The van der Waals surface area contributed by atoms with Gasteiger partial charge < -0.3 is 5.11 Å². The van der Waals surface area contributed by atoms with Crippen molar-refractivity contribution in [2.75, 3.05) is 0 Å². The van der Waals surface area contributed by atoms with E-state index in [1.807, 2.05) is 6.07 Å². The first-order valence-electron chi connectivity index (χ1n) is 3.58. The minimum atomic E-state index is -0.388. The maximum Gasteiger partial charge on any atom is 0.123 e. The second-order valence-electron chi connectivity index (χ2n) is 2.43. The van der Waals surface area contributed by atoms with Gasteiger partial charge in [-0.2, -0.15) is 5.26 Å². The van der Waals surface area contributed by atoms with Crippen LogP contribution in [-0.2, 0) is 6.42 Å². The first kappa shape index (κ1) is 8.54. The Kier molecular flexibility index (Phi) is 2.65. The minimum absolute atomic E-state index is 0.0478. The van der Waals surface area contributed by atoms with Gasteiger partial charge in [-0.25, -0.2) is 4.39 Å². The number of benzene rings is 1. The van der Waals surface area contributed by atoms with Gasteiger partial charge in [-0.3, -0.25) is 0 Å². The van der Waals surface area contributed by atoms with Crippen LogP contribution in [0.3, 0.4) is 0 Å². The lowest BCUT2D eigenvalue weighted by Gasteiger charge is -2.00. The van der Waals surface area contributed by atoms with E-state index in [-0.39, 0.29) is 18.0 Å². The third-order valence-electron chi connectivity index (χ3n) is 1.55. The molecule has 0 unspecified atom stereocenters. The van der Waals surface area contributed by atoms with Gasteiger partial charge in [-0.1, -0.05) is 0 Å². The molecule has 12 heavy (non-hydrogen) atoms. The van der Waals surface area contributed by atoms with Crippen LogP contribution in [0, 0.1) is 17.1 Å². The number of nitrogens with zero attached hydrogens (tertiary/aromatic N) is 1. The number of hydrogen-bond donors (Lipinski definition) is 1. The summed E-state index contributed by atoms with van der Waals surface area (Å²) in [5, 5.41) is 17.4. The van der Waals surface area contributed by atoms with Gasteiger partial charge in [0, 0.05) is 6.42 Å². The molecule has 0 atom stereocenters. The lowest BCUT2D eigenvalue weighted by Crippen LogP contribution is -1.86. The normalized spacial score (nSPS) is 9.33. The summed E-state index contributed by atoms with van der Waals surface area (Å²) in [7, 11) is 0. The zero-order chi connectivity index (χ0) is 8.97. The molecule has 0 saturated carbocycles. The van der Waals surface area contributed by atoms with Crippen LogP contribution < -0.4 is 0 Å². The van der Waals surface area contributed by atoms with Crippen molar-refractivity contribution < 1.29 is 9.50 Å². The van der Waals surface area contributed by atoms with Crippen molar-refractivity contribution in [1.29, 1.82) is 5.26 Å². The maximum atomic E-state index is 12.6. The van der Waals surface area contributed by atoms with Crippen molar-refractivity contribution in [3.8, 4) is 11.8 Å². The molecule has 0 bridgehead atoms. The zero-order valence-corrected chi connectivity index (χ0v) is 6.42. The van der Waals surface area contributed by atoms with Crippen molar-refractivity contribution in [2.24, 2.45) is 0 Å². The molecule has 2 nitrogen and oxygen atoms in total. The predicted octanol–water partition coefficient (Wildman–Crippen LogP) is 1.99. The summed E-state index contributed by atoms with van der Waals surface area (Å²) in [4.78, 5) is 0.